The Morgan fingerprint density at radius 1 is 1.00 bits per heavy atom. The molecule has 0 unspecified atom stereocenters. The zero-order chi connectivity index (χ0) is 24.4. The molecule has 0 saturated carbocycles. The maximum absolute atomic E-state index is 12.8. The van der Waals surface area contributed by atoms with Crippen LogP contribution in [0.15, 0.2) is 78.0 Å². The van der Waals surface area contributed by atoms with Gasteiger partial charge in [-0.2, -0.15) is 0 Å². The fraction of sp³-hybridized carbons (Fsp3) is 0.154. The summed E-state index contributed by atoms with van der Waals surface area (Å²) in [4.78, 5) is 27.1. The molecule has 5 rings (SSSR count). The average molecular weight is 504 g/mol. The van der Waals surface area contributed by atoms with E-state index in [1.807, 2.05) is 46.8 Å². The monoisotopic (exact) mass is 503 g/mol. The van der Waals surface area contributed by atoms with Crippen molar-refractivity contribution < 1.29 is 9.59 Å². The maximum atomic E-state index is 12.8. The lowest BCUT2D eigenvalue weighted by Gasteiger charge is -2.16. The van der Waals surface area contributed by atoms with Gasteiger partial charge in [-0.15, -0.1) is 10.2 Å². The van der Waals surface area contributed by atoms with Gasteiger partial charge in [-0.3, -0.25) is 9.59 Å². The van der Waals surface area contributed by atoms with Gasteiger partial charge in [0.1, 0.15) is 0 Å². The van der Waals surface area contributed by atoms with E-state index in [2.05, 4.69) is 21.6 Å². The highest BCUT2D eigenvalue weighted by atomic mass is 35.5. The largest absolute Gasteiger partial charge is 0.322 e. The van der Waals surface area contributed by atoms with E-state index in [-0.39, 0.29) is 17.6 Å². The van der Waals surface area contributed by atoms with Crippen molar-refractivity contribution in [1.29, 1.82) is 0 Å². The Labute approximate surface area is 212 Å². The van der Waals surface area contributed by atoms with Crippen LogP contribution in [-0.2, 0) is 18.3 Å². The summed E-state index contributed by atoms with van der Waals surface area (Å²) < 4.78 is 1.87. The lowest BCUT2D eigenvalue weighted by Crippen LogP contribution is -2.30. The lowest BCUT2D eigenvalue weighted by molar-refractivity contribution is -0.116. The summed E-state index contributed by atoms with van der Waals surface area (Å²) in [6, 6.07) is 22.3. The zero-order valence-corrected chi connectivity index (χ0v) is 20.5. The Morgan fingerprint density at radius 3 is 2.54 bits per heavy atom. The topological polar surface area (TPSA) is 80.1 Å². The highest BCUT2D eigenvalue weighted by Gasteiger charge is 2.24. The number of rotatable bonds is 6. The van der Waals surface area contributed by atoms with Crippen LogP contribution in [0.5, 0.6) is 0 Å². The number of hydrogen-bond donors (Lipinski definition) is 1. The van der Waals surface area contributed by atoms with Crippen molar-refractivity contribution in [3.05, 3.63) is 88.9 Å². The van der Waals surface area contributed by atoms with Gasteiger partial charge in [0.15, 0.2) is 11.0 Å². The van der Waals surface area contributed by atoms with Gasteiger partial charge in [0.25, 0.3) is 5.91 Å². The molecular formula is C26H22ClN5O2S. The number of thioether (sulfide) groups is 1. The Kier molecular flexibility index (Phi) is 6.57. The second-order valence-electron chi connectivity index (χ2n) is 8.09. The van der Waals surface area contributed by atoms with Crippen molar-refractivity contribution in [2.24, 2.45) is 7.05 Å². The Balaban J connectivity index is 1.23. The third kappa shape index (κ3) is 4.80. The number of nitrogens with zero attached hydrogens (tertiary/aromatic N) is 4. The predicted octanol–water partition coefficient (Wildman–Crippen LogP) is 5.07. The van der Waals surface area contributed by atoms with Crippen molar-refractivity contribution in [2.45, 2.75) is 11.6 Å². The van der Waals surface area contributed by atoms with Gasteiger partial charge in [-0.1, -0.05) is 53.7 Å². The lowest BCUT2D eigenvalue weighted by atomic mass is 10.1. The molecule has 7 nitrogen and oxygen atoms in total. The summed E-state index contributed by atoms with van der Waals surface area (Å²) in [5.74, 6) is 0.748. The molecule has 0 atom stereocenters. The standard InChI is InChI=1S/C26H22ClN5O2S/c1-31-24(18-10-12-19(13-11-18)28-25(34)20-7-3-4-8-21(20)27)29-30-26(31)35-16-23(33)32-15-14-17-6-2-5-9-22(17)32/h2-13H,14-16H2,1H3,(H,28,34). The van der Waals surface area contributed by atoms with Gasteiger partial charge in [-0.05, 0) is 54.4 Å². The summed E-state index contributed by atoms with van der Waals surface area (Å²) >= 11 is 7.48. The smallest absolute Gasteiger partial charge is 0.257 e. The second-order valence-corrected chi connectivity index (χ2v) is 9.44. The molecule has 0 fully saturated rings. The van der Waals surface area contributed by atoms with Crippen LogP contribution in [0.1, 0.15) is 15.9 Å². The van der Waals surface area contributed by atoms with Gasteiger partial charge in [0.05, 0.1) is 16.3 Å². The van der Waals surface area contributed by atoms with Gasteiger partial charge >= 0.3 is 0 Å². The van der Waals surface area contributed by atoms with E-state index in [0.717, 1.165) is 17.7 Å². The van der Waals surface area contributed by atoms with E-state index in [0.29, 0.717) is 33.8 Å². The number of hydrogen-bond acceptors (Lipinski definition) is 5. The van der Waals surface area contributed by atoms with Crippen LogP contribution in [0.25, 0.3) is 11.4 Å². The van der Waals surface area contributed by atoms with Crippen LogP contribution >= 0.6 is 23.4 Å². The molecule has 0 saturated heterocycles. The first kappa shape index (κ1) is 23.1. The van der Waals surface area contributed by atoms with Crippen molar-refractivity contribution in [2.75, 3.05) is 22.5 Å². The Morgan fingerprint density at radius 2 is 1.74 bits per heavy atom. The van der Waals surface area contributed by atoms with Crippen molar-refractivity contribution in [3.63, 3.8) is 0 Å². The predicted molar refractivity (Wildman–Crippen MR) is 139 cm³/mol. The number of fused-ring (bicyclic) bond motifs is 1. The second kappa shape index (κ2) is 9.93. The quantitative estimate of drug-likeness (QED) is 0.372. The third-order valence-corrected chi connectivity index (χ3v) is 7.20. The van der Waals surface area contributed by atoms with E-state index in [4.69, 9.17) is 11.6 Å². The molecule has 1 aromatic heterocycles. The first-order chi connectivity index (χ1) is 17.0. The van der Waals surface area contributed by atoms with E-state index >= 15 is 0 Å². The van der Waals surface area contributed by atoms with Crippen molar-refractivity contribution in [1.82, 2.24) is 14.8 Å². The minimum Gasteiger partial charge on any atom is -0.322 e. The Hall–Kier alpha value is -3.62. The van der Waals surface area contributed by atoms with E-state index in [9.17, 15) is 9.59 Å². The van der Waals surface area contributed by atoms with E-state index in [1.54, 1.807) is 36.4 Å². The number of anilines is 2. The third-order valence-electron chi connectivity index (χ3n) is 5.87. The molecular weight excluding hydrogens is 482 g/mol. The van der Waals surface area contributed by atoms with Crippen LogP contribution in [0, 0.1) is 0 Å². The van der Waals surface area contributed by atoms with Crippen LogP contribution in [0.3, 0.4) is 0 Å². The fourth-order valence-electron chi connectivity index (χ4n) is 4.04. The van der Waals surface area contributed by atoms with Crippen molar-refractivity contribution in [3.8, 4) is 11.4 Å². The molecule has 2 amide bonds. The van der Waals surface area contributed by atoms with Gasteiger partial charge in [0, 0.05) is 30.5 Å². The van der Waals surface area contributed by atoms with Crippen LogP contribution < -0.4 is 10.2 Å². The molecule has 0 spiro atoms. The SMILES string of the molecule is Cn1c(SCC(=O)N2CCc3ccccc32)nnc1-c1ccc(NC(=O)c2ccccc2Cl)cc1. The number of para-hydroxylation sites is 1. The summed E-state index contributed by atoms with van der Waals surface area (Å²) in [6.07, 6.45) is 0.884. The number of benzene rings is 3. The molecule has 1 N–H and O–H groups in total. The molecule has 0 bridgehead atoms. The number of halogens is 1. The highest BCUT2D eigenvalue weighted by molar-refractivity contribution is 7.99. The molecule has 176 valence electrons. The van der Waals surface area contributed by atoms with Gasteiger partial charge in [0.2, 0.25) is 5.91 Å². The van der Waals surface area contributed by atoms with Crippen LogP contribution in [-0.4, -0.2) is 38.9 Å². The molecule has 9 heteroatoms. The van der Waals surface area contributed by atoms with Crippen molar-refractivity contribution >= 4 is 46.6 Å². The summed E-state index contributed by atoms with van der Waals surface area (Å²) in [7, 11) is 1.88. The molecule has 3 aromatic carbocycles. The zero-order valence-electron chi connectivity index (χ0n) is 18.9. The molecule has 1 aliphatic heterocycles. The molecule has 35 heavy (non-hydrogen) atoms. The van der Waals surface area contributed by atoms with E-state index in [1.165, 1.54) is 17.3 Å². The molecule has 0 radical (unpaired) electrons. The normalized spacial score (nSPS) is 12.5. The summed E-state index contributed by atoms with van der Waals surface area (Å²) in [5, 5.41) is 12.5. The molecule has 4 aromatic rings. The first-order valence-corrected chi connectivity index (χ1v) is 12.4. The first-order valence-electron chi connectivity index (χ1n) is 11.1. The fourth-order valence-corrected chi connectivity index (χ4v) is 5.05. The minimum atomic E-state index is -0.272. The highest BCUT2D eigenvalue weighted by Crippen LogP contribution is 2.29. The number of carbonyl (C=O) groups excluding carboxylic acids is 2. The molecule has 2 heterocycles. The number of nitrogens with one attached hydrogen (secondary N) is 1. The summed E-state index contributed by atoms with van der Waals surface area (Å²) in [6.45, 7) is 0.710. The van der Waals surface area contributed by atoms with Gasteiger partial charge < -0.3 is 14.8 Å². The summed E-state index contributed by atoms with van der Waals surface area (Å²) in [5.41, 5.74) is 4.12. The minimum absolute atomic E-state index is 0.0584. The van der Waals surface area contributed by atoms with E-state index < -0.39 is 0 Å². The van der Waals surface area contributed by atoms with Crippen LogP contribution in [0.2, 0.25) is 5.02 Å². The molecule has 0 aliphatic carbocycles. The Bertz CT molecular complexity index is 1400. The average Bonchev–Trinajstić information content (AvgIpc) is 3.47. The maximum Gasteiger partial charge on any atom is 0.257 e. The van der Waals surface area contributed by atoms with Gasteiger partial charge in [-0.25, -0.2) is 0 Å². The number of aromatic nitrogens is 3. The number of amides is 2. The van der Waals surface area contributed by atoms with Crippen LogP contribution in [0.4, 0.5) is 11.4 Å². The molecule has 1 aliphatic rings. The number of carbonyl (C=O) groups is 2.